The minimum absolute atomic E-state index is 0.0126. The second-order valence-electron chi connectivity index (χ2n) is 5.32. The van der Waals surface area contributed by atoms with Crippen molar-refractivity contribution in [2.24, 2.45) is 0 Å². The quantitative estimate of drug-likeness (QED) is 0.721. The maximum Gasteiger partial charge on any atom is 0.356 e. The minimum atomic E-state index is -0.402. The summed E-state index contributed by atoms with van der Waals surface area (Å²) in [4.78, 5) is 16.0. The van der Waals surface area contributed by atoms with E-state index in [0.29, 0.717) is 5.69 Å². The van der Waals surface area contributed by atoms with Gasteiger partial charge in [-0.3, -0.25) is 0 Å². The number of para-hydroxylation sites is 1. The average molecular weight is 243 g/mol. The Bertz CT molecular complexity index is 597. The number of esters is 1. The Kier molecular flexibility index (Phi) is 3.07. The van der Waals surface area contributed by atoms with E-state index in [9.17, 15) is 4.79 Å². The third kappa shape index (κ3) is 2.21. The topological polar surface area (TPSA) is 39.2 Å². The lowest BCUT2D eigenvalue weighted by atomic mass is 9.85. The monoisotopic (exact) mass is 243 g/mol. The molecule has 2 aromatic rings. The molecule has 3 heteroatoms. The number of nitrogens with zero attached hydrogens (tertiary/aromatic N) is 1. The van der Waals surface area contributed by atoms with E-state index in [-0.39, 0.29) is 5.41 Å². The molecule has 0 fully saturated rings. The number of ether oxygens (including phenoxy) is 1. The van der Waals surface area contributed by atoms with Crippen molar-refractivity contribution in [2.75, 3.05) is 7.11 Å². The fraction of sp³-hybridized carbons (Fsp3) is 0.333. The molecule has 0 aliphatic carbocycles. The zero-order chi connectivity index (χ0) is 13.3. The van der Waals surface area contributed by atoms with Gasteiger partial charge in [0.2, 0.25) is 0 Å². The van der Waals surface area contributed by atoms with Gasteiger partial charge in [-0.05, 0) is 17.0 Å². The Morgan fingerprint density at radius 2 is 1.89 bits per heavy atom. The molecule has 0 atom stereocenters. The maximum atomic E-state index is 11.5. The molecule has 0 amide bonds. The van der Waals surface area contributed by atoms with Crippen LogP contribution in [0.4, 0.5) is 0 Å². The van der Waals surface area contributed by atoms with E-state index in [1.165, 1.54) is 7.11 Å². The minimum Gasteiger partial charge on any atom is -0.464 e. The molecule has 3 nitrogen and oxygen atoms in total. The van der Waals surface area contributed by atoms with Gasteiger partial charge in [0.25, 0.3) is 0 Å². The van der Waals surface area contributed by atoms with Crippen LogP contribution in [-0.4, -0.2) is 18.1 Å². The fourth-order valence-electron chi connectivity index (χ4n) is 1.97. The van der Waals surface area contributed by atoms with Gasteiger partial charge >= 0.3 is 5.97 Å². The molecule has 1 aromatic carbocycles. The van der Waals surface area contributed by atoms with E-state index >= 15 is 0 Å². The Labute approximate surface area is 107 Å². The van der Waals surface area contributed by atoms with E-state index in [1.54, 1.807) is 6.07 Å². The Morgan fingerprint density at radius 1 is 1.17 bits per heavy atom. The van der Waals surface area contributed by atoms with Crippen LogP contribution < -0.4 is 0 Å². The molecule has 2 rings (SSSR count). The van der Waals surface area contributed by atoms with Crippen LogP contribution in [0.25, 0.3) is 10.9 Å². The van der Waals surface area contributed by atoms with Gasteiger partial charge in [-0.15, -0.1) is 0 Å². The summed E-state index contributed by atoms with van der Waals surface area (Å²) in [7, 11) is 1.36. The van der Waals surface area contributed by atoms with Gasteiger partial charge in [0.15, 0.2) is 0 Å². The third-order valence-corrected chi connectivity index (χ3v) is 2.92. The van der Waals surface area contributed by atoms with Gasteiger partial charge in [-0.2, -0.15) is 0 Å². The van der Waals surface area contributed by atoms with E-state index < -0.39 is 5.97 Å². The first-order valence-corrected chi connectivity index (χ1v) is 5.92. The van der Waals surface area contributed by atoms with Gasteiger partial charge in [0.05, 0.1) is 12.6 Å². The molecule has 94 valence electrons. The highest BCUT2D eigenvalue weighted by atomic mass is 16.5. The van der Waals surface area contributed by atoms with Crippen molar-refractivity contribution in [3.05, 3.63) is 41.6 Å². The van der Waals surface area contributed by atoms with Crippen molar-refractivity contribution in [1.29, 1.82) is 0 Å². The molecule has 0 bridgehead atoms. The van der Waals surface area contributed by atoms with E-state index in [1.807, 2.05) is 18.2 Å². The van der Waals surface area contributed by atoms with Gasteiger partial charge < -0.3 is 4.74 Å². The number of carbonyl (C=O) groups excluding carboxylic acids is 1. The zero-order valence-electron chi connectivity index (χ0n) is 11.2. The number of hydrogen-bond donors (Lipinski definition) is 0. The fourth-order valence-corrected chi connectivity index (χ4v) is 1.97. The van der Waals surface area contributed by atoms with Crippen molar-refractivity contribution in [1.82, 2.24) is 4.98 Å². The van der Waals surface area contributed by atoms with Crippen LogP contribution in [0.15, 0.2) is 30.3 Å². The van der Waals surface area contributed by atoms with Crippen molar-refractivity contribution in [3.8, 4) is 0 Å². The van der Waals surface area contributed by atoms with Crippen LogP contribution in [0.1, 0.15) is 36.8 Å². The molecule has 1 aromatic heterocycles. The number of benzene rings is 1. The Hall–Kier alpha value is -1.90. The standard InChI is InChI=1S/C15H17NO2/c1-15(2,3)11-7-5-6-10-8-9-12(14(17)18-4)16-13(10)11/h5-9H,1-4H3. The van der Waals surface area contributed by atoms with Gasteiger partial charge in [0.1, 0.15) is 5.69 Å². The number of methoxy groups -OCH3 is 1. The first-order chi connectivity index (χ1) is 8.43. The van der Waals surface area contributed by atoms with Crippen LogP contribution in [0.2, 0.25) is 0 Å². The lowest BCUT2D eigenvalue weighted by molar-refractivity contribution is 0.0594. The van der Waals surface area contributed by atoms with E-state index in [0.717, 1.165) is 16.5 Å². The van der Waals surface area contributed by atoms with Gasteiger partial charge in [0, 0.05) is 5.39 Å². The van der Waals surface area contributed by atoms with Gasteiger partial charge in [-0.25, -0.2) is 9.78 Å². The van der Waals surface area contributed by atoms with Crippen molar-refractivity contribution < 1.29 is 9.53 Å². The molecule has 1 heterocycles. The van der Waals surface area contributed by atoms with E-state index in [4.69, 9.17) is 4.74 Å². The third-order valence-electron chi connectivity index (χ3n) is 2.92. The van der Waals surface area contributed by atoms with Crippen LogP contribution >= 0.6 is 0 Å². The molecule has 0 aliphatic rings. The van der Waals surface area contributed by atoms with E-state index in [2.05, 4.69) is 31.8 Å². The Morgan fingerprint density at radius 3 is 2.50 bits per heavy atom. The Balaban J connectivity index is 2.70. The smallest absolute Gasteiger partial charge is 0.356 e. The number of aromatic nitrogens is 1. The van der Waals surface area contributed by atoms with Crippen LogP contribution in [0.5, 0.6) is 0 Å². The molecule has 0 saturated heterocycles. The first kappa shape index (κ1) is 12.6. The number of fused-ring (bicyclic) bond motifs is 1. The number of rotatable bonds is 1. The molecular weight excluding hydrogens is 226 g/mol. The molecule has 18 heavy (non-hydrogen) atoms. The molecule has 0 saturated carbocycles. The summed E-state index contributed by atoms with van der Waals surface area (Å²) in [5.41, 5.74) is 2.33. The second kappa shape index (κ2) is 4.41. The molecule has 0 N–H and O–H groups in total. The highest BCUT2D eigenvalue weighted by molar-refractivity contribution is 5.92. The summed E-state index contributed by atoms with van der Waals surface area (Å²) < 4.78 is 4.71. The SMILES string of the molecule is COC(=O)c1ccc2cccc(C(C)(C)C)c2n1. The van der Waals surface area contributed by atoms with Crippen LogP contribution in [0, 0.1) is 0 Å². The average Bonchev–Trinajstić information content (AvgIpc) is 2.35. The summed E-state index contributed by atoms with van der Waals surface area (Å²) >= 11 is 0. The highest BCUT2D eigenvalue weighted by Gasteiger charge is 2.18. The van der Waals surface area contributed by atoms with Crippen molar-refractivity contribution in [2.45, 2.75) is 26.2 Å². The summed E-state index contributed by atoms with van der Waals surface area (Å²) in [5.74, 6) is -0.402. The maximum absolute atomic E-state index is 11.5. The second-order valence-corrected chi connectivity index (χ2v) is 5.32. The van der Waals surface area contributed by atoms with Gasteiger partial charge in [-0.1, -0.05) is 45.0 Å². The molecule has 0 spiro atoms. The van der Waals surface area contributed by atoms with Crippen molar-refractivity contribution >= 4 is 16.9 Å². The molecule has 0 unspecified atom stereocenters. The number of pyridine rings is 1. The van der Waals surface area contributed by atoms with Crippen LogP contribution in [0.3, 0.4) is 0 Å². The normalized spacial score (nSPS) is 11.6. The lowest BCUT2D eigenvalue weighted by Crippen LogP contribution is -2.13. The highest BCUT2D eigenvalue weighted by Crippen LogP contribution is 2.28. The predicted molar refractivity (Wildman–Crippen MR) is 71.8 cm³/mol. The summed E-state index contributed by atoms with van der Waals surface area (Å²) in [6.07, 6.45) is 0. The summed E-state index contributed by atoms with van der Waals surface area (Å²) in [6, 6.07) is 9.67. The summed E-state index contributed by atoms with van der Waals surface area (Å²) in [6.45, 7) is 6.40. The molecule has 0 radical (unpaired) electrons. The predicted octanol–water partition coefficient (Wildman–Crippen LogP) is 3.32. The lowest BCUT2D eigenvalue weighted by Gasteiger charge is -2.20. The van der Waals surface area contributed by atoms with Crippen LogP contribution in [-0.2, 0) is 10.2 Å². The molecule has 0 aliphatic heterocycles. The largest absolute Gasteiger partial charge is 0.464 e. The zero-order valence-corrected chi connectivity index (χ0v) is 11.2. The number of carbonyl (C=O) groups is 1. The van der Waals surface area contributed by atoms with Crippen molar-refractivity contribution in [3.63, 3.8) is 0 Å². The summed E-state index contributed by atoms with van der Waals surface area (Å²) in [5, 5.41) is 1.04. The number of hydrogen-bond acceptors (Lipinski definition) is 3. The first-order valence-electron chi connectivity index (χ1n) is 5.92. The molecular formula is C15H17NO2.